The van der Waals surface area contributed by atoms with Gasteiger partial charge in [0.05, 0.1) is 29.0 Å². The fourth-order valence-corrected chi connectivity index (χ4v) is 3.54. The highest BCUT2D eigenvalue weighted by atomic mass is 79.9. The zero-order chi connectivity index (χ0) is 22.0. The lowest BCUT2D eigenvalue weighted by atomic mass is 10.1. The molecule has 7 heteroatoms. The normalized spacial score (nSPS) is 12.6. The van der Waals surface area contributed by atoms with Gasteiger partial charge in [0.15, 0.2) is 0 Å². The molecule has 0 saturated carbocycles. The van der Waals surface area contributed by atoms with Crippen LogP contribution in [0, 0.1) is 0 Å². The van der Waals surface area contributed by atoms with E-state index in [9.17, 15) is 14.4 Å². The van der Waals surface area contributed by atoms with Crippen LogP contribution in [-0.2, 0) is 11.3 Å². The molecule has 156 valence electrons. The van der Waals surface area contributed by atoms with E-state index in [1.165, 1.54) is 18.2 Å². The minimum Gasteiger partial charge on any atom is -0.494 e. The molecule has 0 aromatic heterocycles. The van der Waals surface area contributed by atoms with Crippen LogP contribution in [0.15, 0.2) is 71.2 Å². The molecule has 6 nitrogen and oxygen atoms in total. The minimum atomic E-state index is -0.564. The molecule has 4 rings (SSSR count). The van der Waals surface area contributed by atoms with Crippen LogP contribution in [-0.4, -0.2) is 24.4 Å². The van der Waals surface area contributed by atoms with Gasteiger partial charge >= 0.3 is 5.97 Å². The summed E-state index contributed by atoms with van der Waals surface area (Å²) < 4.78 is 11.7. The number of imide groups is 1. The number of carbonyl (C=O) groups is 3. The maximum absolute atomic E-state index is 12.9. The van der Waals surface area contributed by atoms with Crippen LogP contribution in [0.25, 0.3) is 0 Å². The Labute approximate surface area is 187 Å². The molecule has 0 spiro atoms. The Bertz CT molecular complexity index is 1160. The lowest BCUT2D eigenvalue weighted by Crippen LogP contribution is -2.29. The third-order valence-electron chi connectivity index (χ3n) is 4.81. The van der Waals surface area contributed by atoms with E-state index in [4.69, 9.17) is 9.47 Å². The summed E-state index contributed by atoms with van der Waals surface area (Å²) in [4.78, 5) is 39.3. The molecule has 0 atom stereocenters. The van der Waals surface area contributed by atoms with Gasteiger partial charge in [0, 0.05) is 4.47 Å². The fourth-order valence-electron chi connectivity index (χ4n) is 3.27. The van der Waals surface area contributed by atoms with E-state index in [1.807, 2.05) is 31.2 Å². The van der Waals surface area contributed by atoms with Gasteiger partial charge in [-0.05, 0) is 67.1 Å². The Balaban J connectivity index is 1.51. The molecule has 1 aliphatic heterocycles. The van der Waals surface area contributed by atoms with Crippen molar-refractivity contribution in [3.63, 3.8) is 0 Å². The third-order valence-corrected chi connectivity index (χ3v) is 5.34. The number of amides is 2. The van der Waals surface area contributed by atoms with Crippen molar-refractivity contribution in [3.8, 4) is 5.75 Å². The average molecular weight is 480 g/mol. The van der Waals surface area contributed by atoms with E-state index in [0.717, 1.165) is 14.9 Å². The highest BCUT2D eigenvalue weighted by Crippen LogP contribution is 2.30. The molecule has 0 unspecified atom stereocenters. The summed E-state index contributed by atoms with van der Waals surface area (Å²) >= 11 is 3.36. The number of benzene rings is 3. The monoisotopic (exact) mass is 479 g/mol. The largest absolute Gasteiger partial charge is 0.494 e. The van der Waals surface area contributed by atoms with Crippen molar-refractivity contribution in [2.45, 2.75) is 13.5 Å². The molecule has 0 fully saturated rings. The van der Waals surface area contributed by atoms with Gasteiger partial charge in [0.2, 0.25) is 0 Å². The SMILES string of the molecule is CCOc1ccc(N2C(=O)c3ccc(C(=O)OCc4ccc(Br)cc4)cc3C2=O)cc1. The van der Waals surface area contributed by atoms with E-state index in [2.05, 4.69) is 15.9 Å². The zero-order valence-corrected chi connectivity index (χ0v) is 18.2. The molecule has 0 saturated heterocycles. The smallest absolute Gasteiger partial charge is 0.338 e. The van der Waals surface area contributed by atoms with Crippen molar-refractivity contribution in [1.82, 2.24) is 0 Å². The van der Waals surface area contributed by atoms with Crippen LogP contribution in [0.1, 0.15) is 43.6 Å². The minimum absolute atomic E-state index is 0.106. The predicted octanol–water partition coefficient (Wildman–Crippen LogP) is 5.01. The van der Waals surface area contributed by atoms with Gasteiger partial charge in [-0.25, -0.2) is 9.69 Å². The highest BCUT2D eigenvalue weighted by Gasteiger charge is 2.37. The van der Waals surface area contributed by atoms with E-state index in [-0.39, 0.29) is 23.3 Å². The van der Waals surface area contributed by atoms with Crippen LogP contribution in [0.5, 0.6) is 5.75 Å². The lowest BCUT2D eigenvalue weighted by molar-refractivity contribution is 0.0472. The molecule has 1 aliphatic rings. The summed E-state index contributed by atoms with van der Waals surface area (Å²) in [6.45, 7) is 2.50. The second-order valence-electron chi connectivity index (χ2n) is 6.84. The van der Waals surface area contributed by atoms with Crippen LogP contribution in [0.2, 0.25) is 0 Å². The quantitative estimate of drug-likeness (QED) is 0.367. The first-order valence-electron chi connectivity index (χ1n) is 9.65. The highest BCUT2D eigenvalue weighted by molar-refractivity contribution is 9.10. The number of halogens is 1. The van der Waals surface area contributed by atoms with Gasteiger partial charge in [-0.15, -0.1) is 0 Å². The average Bonchev–Trinajstić information content (AvgIpc) is 3.03. The number of anilines is 1. The van der Waals surface area contributed by atoms with Gasteiger partial charge < -0.3 is 9.47 Å². The van der Waals surface area contributed by atoms with Gasteiger partial charge in [-0.1, -0.05) is 28.1 Å². The molecular weight excluding hydrogens is 462 g/mol. The summed E-state index contributed by atoms with van der Waals surface area (Å²) in [5.74, 6) is -0.824. The maximum Gasteiger partial charge on any atom is 0.338 e. The number of rotatable bonds is 6. The second-order valence-corrected chi connectivity index (χ2v) is 7.75. The van der Waals surface area contributed by atoms with Crippen molar-refractivity contribution >= 4 is 39.4 Å². The molecule has 0 radical (unpaired) electrons. The summed E-state index contributed by atoms with van der Waals surface area (Å²) in [5, 5.41) is 0. The number of esters is 1. The molecular formula is C24H18BrNO5. The standard InChI is InChI=1S/C24H18BrNO5/c1-2-30-19-10-8-18(9-11-19)26-22(27)20-12-5-16(13-21(20)23(26)28)24(29)31-14-15-3-6-17(25)7-4-15/h3-13H,2,14H2,1H3. The lowest BCUT2D eigenvalue weighted by Gasteiger charge is -2.14. The van der Waals surface area contributed by atoms with Crippen molar-refractivity contribution in [3.05, 3.63) is 93.5 Å². The van der Waals surface area contributed by atoms with E-state index in [0.29, 0.717) is 18.0 Å². The number of hydrogen-bond acceptors (Lipinski definition) is 5. The molecule has 1 heterocycles. The topological polar surface area (TPSA) is 72.9 Å². The summed E-state index contributed by atoms with van der Waals surface area (Å²) in [7, 11) is 0. The fraction of sp³-hybridized carbons (Fsp3) is 0.125. The van der Waals surface area contributed by atoms with Crippen molar-refractivity contribution in [1.29, 1.82) is 0 Å². The Kier molecular flexibility index (Phi) is 5.86. The second kappa shape index (κ2) is 8.73. The molecule has 31 heavy (non-hydrogen) atoms. The zero-order valence-electron chi connectivity index (χ0n) is 16.6. The molecule has 3 aromatic carbocycles. The summed E-state index contributed by atoms with van der Waals surface area (Å²) in [6, 6.07) is 18.5. The van der Waals surface area contributed by atoms with Crippen LogP contribution >= 0.6 is 15.9 Å². The van der Waals surface area contributed by atoms with E-state index < -0.39 is 17.8 Å². The Hall–Kier alpha value is -3.45. The first-order valence-corrected chi connectivity index (χ1v) is 10.4. The molecule has 2 amide bonds. The summed E-state index contributed by atoms with van der Waals surface area (Å²) in [6.07, 6.45) is 0. The number of carbonyl (C=O) groups excluding carboxylic acids is 3. The summed E-state index contributed by atoms with van der Waals surface area (Å²) in [5.41, 5.74) is 1.92. The Morgan fingerprint density at radius 3 is 2.26 bits per heavy atom. The van der Waals surface area contributed by atoms with Crippen LogP contribution in [0.4, 0.5) is 5.69 Å². The van der Waals surface area contributed by atoms with Crippen LogP contribution < -0.4 is 9.64 Å². The maximum atomic E-state index is 12.9. The molecule has 0 N–H and O–H groups in total. The van der Waals surface area contributed by atoms with Crippen molar-refractivity contribution in [2.24, 2.45) is 0 Å². The third kappa shape index (κ3) is 4.22. The number of hydrogen-bond donors (Lipinski definition) is 0. The first-order chi connectivity index (χ1) is 15.0. The van der Waals surface area contributed by atoms with Gasteiger partial charge in [0.25, 0.3) is 11.8 Å². The molecule has 3 aromatic rings. The molecule has 0 aliphatic carbocycles. The number of ether oxygens (including phenoxy) is 2. The Morgan fingerprint density at radius 2 is 1.58 bits per heavy atom. The van der Waals surface area contributed by atoms with E-state index in [1.54, 1.807) is 24.3 Å². The van der Waals surface area contributed by atoms with E-state index >= 15 is 0 Å². The van der Waals surface area contributed by atoms with Crippen LogP contribution in [0.3, 0.4) is 0 Å². The first kappa shape index (κ1) is 20.8. The van der Waals surface area contributed by atoms with Gasteiger partial charge in [-0.3, -0.25) is 9.59 Å². The Morgan fingerprint density at radius 1 is 0.903 bits per heavy atom. The van der Waals surface area contributed by atoms with Gasteiger partial charge in [0.1, 0.15) is 12.4 Å². The number of fused-ring (bicyclic) bond motifs is 1. The number of nitrogens with zero attached hydrogens (tertiary/aromatic N) is 1. The predicted molar refractivity (Wildman–Crippen MR) is 118 cm³/mol. The van der Waals surface area contributed by atoms with Crippen molar-refractivity contribution in [2.75, 3.05) is 11.5 Å². The van der Waals surface area contributed by atoms with Crippen molar-refractivity contribution < 1.29 is 23.9 Å². The molecule has 0 bridgehead atoms. The van der Waals surface area contributed by atoms with Gasteiger partial charge in [-0.2, -0.15) is 0 Å².